The number of rotatable bonds is 9. The van der Waals surface area contributed by atoms with Gasteiger partial charge in [-0.2, -0.15) is 13.2 Å². The number of aliphatic hydroxyl groups excluding tert-OH is 1. The fourth-order valence-electron chi connectivity index (χ4n) is 3.89. The minimum Gasteiger partial charge on any atom is -0.434 e. The smallest absolute Gasteiger partial charge is 0.427 e. The lowest BCUT2D eigenvalue weighted by Crippen LogP contribution is -2.47. The first kappa shape index (κ1) is 25.9. The molecule has 31 heavy (non-hydrogen) atoms. The Kier molecular flexibility index (Phi) is 8.74. The molecule has 1 aliphatic rings. The van der Waals surface area contributed by atoms with E-state index in [9.17, 15) is 26.4 Å². The summed E-state index contributed by atoms with van der Waals surface area (Å²) in [4.78, 5) is 17.3. The van der Waals surface area contributed by atoms with Gasteiger partial charge in [0.25, 0.3) is 0 Å². The minimum atomic E-state index is -4.83. The van der Waals surface area contributed by atoms with Gasteiger partial charge in [-0.3, -0.25) is 0 Å². The highest BCUT2D eigenvalue weighted by molar-refractivity contribution is 7.93. The van der Waals surface area contributed by atoms with Gasteiger partial charge in [0.15, 0.2) is 0 Å². The number of nitrogens with zero attached hydrogens (tertiary/aromatic N) is 2. The number of amides is 1. The van der Waals surface area contributed by atoms with Crippen LogP contribution in [0.3, 0.4) is 0 Å². The number of alkyl halides is 3. The average Bonchev–Trinajstić information content (AvgIpc) is 3.27. The number of carbonyl (C=O) groups excluding carboxylic acids is 1. The summed E-state index contributed by atoms with van der Waals surface area (Å²) in [5, 5.41) is 9.91. The molecule has 1 amide bonds. The number of aliphatic hydroxyl groups is 1. The Labute approximate surface area is 184 Å². The van der Waals surface area contributed by atoms with Gasteiger partial charge in [0.05, 0.1) is 11.9 Å². The molecule has 1 aromatic heterocycles. The number of thiazole rings is 1. The van der Waals surface area contributed by atoms with Gasteiger partial charge in [0.2, 0.25) is 20.3 Å². The summed E-state index contributed by atoms with van der Waals surface area (Å²) in [5.41, 5.74) is -0.191. The van der Waals surface area contributed by atoms with E-state index in [1.807, 2.05) is 13.8 Å². The Morgan fingerprint density at radius 1 is 1.35 bits per heavy atom. The standard InChI is InChI=1S/C19H29F3N2O5S2/c1-3-14(31(27,28)16-23-9-12-30-16)5-6-18(4-2)7-10-24(11-8-18)17(26)29-15(13-25)19(20,21)22/h9,12,14-15,25H,3-8,10-11,13H2,1-2H3/t14?,15-/m1/s1. The maximum atomic E-state index is 12.8. The third kappa shape index (κ3) is 6.32. The Balaban J connectivity index is 1.97. The van der Waals surface area contributed by atoms with E-state index in [1.165, 1.54) is 11.1 Å². The Morgan fingerprint density at radius 2 is 2.00 bits per heavy atom. The number of hydrogen-bond acceptors (Lipinski definition) is 7. The number of sulfone groups is 1. The number of piperidine rings is 1. The topological polar surface area (TPSA) is 96.8 Å². The Morgan fingerprint density at radius 3 is 2.45 bits per heavy atom. The molecule has 2 rings (SSSR count). The van der Waals surface area contributed by atoms with Crippen molar-refractivity contribution in [1.82, 2.24) is 9.88 Å². The van der Waals surface area contributed by atoms with Crippen molar-refractivity contribution in [1.29, 1.82) is 0 Å². The highest BCUT2D eigenvalue weighted by Gasteiger charge is 2.44. The van der Waals surface area contributed by atoms with E-state index in [0.717, 1.165) is 17.8 Å². The third-order valence-corrected chi connectivity index (χ3v) is 9.74. The molecule has 1 saturated heterocycles. The minimum absolute atomic E-state index is 0.116. The summed E-state index contributed by atoms with van der Waals surface area (Å²) in [7, 11) is -3.51. The van der Waals surface area contributed by atoms with Gasteiger partial charge in [-0.1, -0.05) is 20.3 Å². The monoisotopic (exact) mass is 486 g/mol. The quantitative estimate of drug-likeness (QED) is 0.566. The number of halogens is 3. The van der Waals surface area contributed by atoms with Gasteiger partial charge >= 0.3 is 12.3 Å². The van der Waals surface area contributed by atoms with Crippen molar-refractivity contribution in [2.24, 2.45) is 5.41 Å². The van der Waals surface area contributed by atoms with Crippen LogP contribution in [0.2, 0.25) is 0 Å². The molecule has 1 aliphatic heterocycles. The van der Waals surface area contributed by atoms with E-state index in [0.29, 0.717) is 32.1 Å². The van der Waals surface area contributed by atoms with Crippen LogP contribution in [-0.4, -0.2) is 66.7 Å². The Bertz CT molecular complexity index is 807. The van der Waals surface area contributed by atoms with Crippen molar-refractivity contribution in [2.45, 2.75) is 74.2 Å². The molecular weight excluding hydrogens is 457 g/mol. The zero-order chi connectivity index (χ0) is 23.3. The molecule has 0 spiro atoms. The maximum absolute atomic E-state index is 12.8. The highest BCUT2D eigenvalue weighted by atomic mass is 32.2. The zero-order valence-corrected chi connectivity index (χ0v) is 19.2. The molecule has 1 unspecified atom stereocenters. The largest absolute Gasteiger partial charge is 0.434 e. The van der Waals surface area contributed by atoms with Gasteiger partial charge in [-0.15, -0.1) is 11.3 Å². The number of likely N-dealkylation sites (tertiary alicyclic amines) is 1. The third-order valence-electron chi connectivity index (χ3n) is 6.15. The summed E-state index contributed by atoms with van der Waals surface area (Å²) in [5.74, 6) is 0. The van der Waals surface area contributed by atoms with Gasteiger partial charge in [0, 0.05) is 24.7 Å². The fourth-order valence-corrected chi connectivity index (χ4v) is 6.72. The lowest BCUT2D eigenvalue weighted by atomic mass is 9.72. The summed E-state index contributed by atoms with van der Waals surface area (Å²) in [6, 6.07) is 0. The van der Waals surface area contributed by atoms with Crippen LogP contribution >= 0.6 is 11.3 Å². The number of ether oxygens (including phenoxy) is 1. The van der Waals surface area contributed by atoms with E-state index < -0.39 is 40.1 Å². The van der Waals surface area contributed by atoms with E-state index >= 15 is 0 Å². The molecule has 7 nitrogen and oxygen atoms in total. The maximum Gasteiger partial charge on any atom is 0.427 e. The zero-order valence-electron chi connectivity index (χ0n) is 17.6. The molecule has 0 saturated carbocycles. The average molecular weight is 487 g/mol. The summed E-state index contributed by atoms with van der Waals surface area (Å²) >= 11 is 1.10. The normalized spacial score (nSPS) is 19.1. The molecule has 0 aliphatic carbocycles. The lowest BCUT2D eigenvalue weighted by molar-refractivity contribution is -0.215. The summed E-state index contributed by atoms with van der Waals surface area (Å²) < 4.78 is 68.3. The highest BCUT2D eigenvalue weighted by Crippen LogP contribution is 2.41. The van der Waals surface area contributed by atoms with Crippen LogP contribution in [0.1, 0.15) is 52.4 Å². The molecule has 1 fully saturated rings. The molecule has 1 N–H and O–H groups in total. The van der Waals surface area contributed by atoms with E-state index in [2.05, 4.69) is 9.72 Å². The van der Waals surface area contributed by atoms with Crippen LogP contribution in [0.25, 0.3) is 0 Å². The van der Waals surface area contributed by atoms with Crippen LogP contribution in [0.5, 0.6) is 0 Å². The van der Waals surface area contributed by atoms with Crippen LogP contribution in [0.15, 0.2) is 15.9 Å². The number of aromatic nitrogens is 1. The first-order valence-electron chi connectivity index (χ1n) is 10.3. The molecule has 0 bridgehead atoms. The fraction of sp³-hybridized carbons (Fsp3) is 0.789. The van der Waals surface area contributed by atoms with Gasteiger partial charge < -0.3 is 14.7 Å². The second-order valence-corrected chi connectivity index (χ2v) is 11.1. The molecule has 0 radical (unpaired) electrons. The van der Waals surface area contributed by atoms with Gasteiger partial charge in [-0.05, 0) is 37.5 Å². The van der Waals surface area contributed by atoms with Crippen LogP contribution in [0, 0.1) is 5.41 Å². The first-order valence-corrected chi connectivity index (χ1v) is 12.7. The van der Waals surface area contributed by atoms with Gasteiger partial charge in [-0.25, -0.2) is 18.2 Å². The van der Waals surface area contributed by atoms with E-state index in [1.54, 1.807) is 5.38 Å². The number of carbonyl (C=O) groups is 1. The Hall–Kier alpha value is -1.40. The predicted octanol–water partition coefficient (Wildman–Crippen LogP) is 4.03. The molecule has 0 aromatic carbocycles. The predicted molar refractivity (Wildman–Crippen MR) is 110 cm³/mol. The second kappa shape index (κ2) is 10.5. The van der Waals surface area contributed by atoms with Crippen molar-refractivity contribution in [3.8, 4) is 0 Å². The molecular formula is C19H29F3N2O5S2. The van der Waals surface area contributed by atoms with E-state index in [4.69, 9.17) is 5.11 Å². The van der Waals surface area contributed by atoms with Crippen molar-refractivity contribution in [3.63, 3.8) is 0 Å². The van der Waals surface area contributed by atoms with E-state index in [-0.39, 0.29) is 22.8 Å². The van der Waals surface area contributed by atoms with Crippen molar-refractivity contribution < 1.29 is 36.2 Å². The summed E-state index contributed by atoms with van der Waals surface area (Å²) in [6.45, 7) is 2.94. The van der Waals surface area contributed by atoms with Gasteiger partial charge in [0.1, 0.15) is 0 Å². The SMILES string of the molecule is CCC(CCC1(CC)CCN(C(=O)O[C@H](CO)C(F)(F)F)CC1)S(=O)(=O)c1nccs1. The summed E-state index contributed by atoms with van der Waals surface area (Å²) in [6.07, 6.45) is -3.60. The molecule has 178 valence electrons. The second-order valence-electron chi connectivity index (χ2n) is 7.85. The lowest BCUT2D eigenvalue weighted by Gasteiger charge is -2.42. The molecule has 2 heterocycles. The van der Waals surface area contributed by atoms with Crippen molar-refractivity contribution >= 4 is 27.3 Å². The van der Waals surface area contributed by atoms with Crippen LogP contribution in [0.4, 0.5) is 18.0 Å². The van der Waals surface area contributed by atoms with Crippen LogP contribution in [-0.2, 0) is 14.6 Å². The number of hydrogen-bond donors (Lipinski definition) is 1. The molecule has 12 heteroatoms. The molecule has 2 atom stereocenters. The molecule has 1 aromatic rings. The first-order chi connectivity index (χ1) is 14.5. The van der Waals surface area contributed by atoms with Crippen molar-refractivity contribution in [3.05, 3.63) is 11.6 Å². The van der Waals surface area contributed by atoms with Crippen molar-refractivity contribution in [2.75, 3.05) is 19.7 Å². The van der Waals surface area contributed by atoms with Crippen LogP contribution < -0.4 is 0 Å².